The van der Waals surface area contributed by atoms with Crippen molar-refractivity contribution in [2.75, 3.05) is 41.7 Å². The quantitative estimate of drug-likeness (QED) is 0.318. The summed E-state index contributed by atoms with van der Waals surface area (Å²) in [6.07, 6.45) is 0. The molecule has 2 N–H and O–H groups in total. The first-order valence-electron chi connectivity index (χ1n) is 12.3. The van der Waals surface area contributed by atoms with Crippen molar-refractivity contribution in [1.29, 1.82) is 0 Å². The van der Waals surface area contributed by atoms with E-state index in [4.69, 9.17) is 0 Å². The molecular formula is C30H28F2N4O. The lowest BCUT2D eigenvalue weighted by atomic mass is 9.96. The van der Waals surface area contributed by atoms with E-state index in [0.29, 0.717) is 5.69 Å². The Morgan fingerprint density at radius 2 is 1.11 bits per heavy atom. The van der Waals surface area contributed by atoms with Gasteiger partial charge in [-0.2, -0.15) is 0 Å². The molecule has 0 unspecified atom stereocenters. The monoisotopic (exact) mass is 498 g/mol. The van der Waals surface area contributed by atoms with Crippen molar-refractivity contribution in [2.45, 2.75) is 6.04 Å². The van der Waals surface area contributed by atoms with Crippen LogP contribution in [0.4, 0.5) is 30.6 Å². The van der Waals surface area contributed by atoms with Gasteiger partial charge < -0.3 is 15.5 Å². The molecule has 5 rings (SSSR count). The Labute approximate surface area is 215 Å². The maximum absolute atomic E-state index is 13.6. The summed E-state index contributed by atoms with van der Waals surface area (Å²) in [7, 11) is 0. The molecule has 0 bridgehead atoms. The molecule has 2 amide bonds. The van der Waals surface area contributed by atoms with Crippen LogP contribution in [0.25, 0.3) is 0 Å². The lowest BCUT2D eigenvalue weighted by Gasteiger charge is -2.40. The predicted molar refractivity (Wildman–Crippen MR) is 144 cm³/mol. The molecule has 7 heteroatoms. The molecule has 0 radical (unpaired) electrons. The van der Waals surface area contributed by atoms with E-state index in [0.717, 1.165) is 48.7 Å². The minimum atomic E-state index is -0.291. The second-order valence-electron chi connectivity index (χ2n) is 9.02. The van der Waals surface area contributed by atoms with E-state index in [1.54, 1.807) is 24.3 Å². The fourth-order valence-corrected chi connectivity index (χ4v) is 4.71. The van der Waals surface area contributed by atoms with Gasteiger partial charge in [-0.1, -0.05) is 42.5 Å². The van der Waals surface area contributed by atoms with Crippen molar-refractivity contribution in [1.82, 2.24) is 4.90 Å². The van der Waals surface area contributed by atoms with Gasteiger partial charge in [-0.15, -0.1) is 0 Å². The van der Waals surface area contributed by atoms with E-state index in [1.165, 1.54) is 24.3 Å². The summed E-state index contributed by atoms with van der Waals surface area (Å²) in [4.78, 5) is 16.9. The van der Waals surface area contributed by atoms with Crippen LogP contribution in [0.15, 0.2) is 103 Å². The molecule has 4 aromatic carbocycles. The molecule has 188 valence electrons. The van der Waals surface area contributed by atoms with Crippen LogP contribution >= 0.6 is 0 Å². The molecule has 1 fully saturated rings. The van der Waals surface area contributed by atoms with Gasteiger partial charge in [-0.3, -0.25) is 4.90 Å². The predicted octanol–water partition coefficient (Wildman–Crippen LogP) is 6.52. The Hall–Kier alpha value is -4.23. The number of carbonyl (C=O) groups excluding carboxylic acids is 1. The van der Waals surface area contributed by atoms with Gasteiger partial charge in [-0.25, -0.2) is 13.6 Å². The number of carbonyl (C=O) groups is 1. The van der Waals surface area contributed by atoms with Crippen LogP contribution in [0.5, 0.6) is 0 Å². The second kappa shape index (κ2) is 11.2. The standard InChI is InChI=1S/C30H28F2N4O/c31-24-10-6-22(7-11-24)29(23-8-12-25(32)13-9-23)36-20-18-35(19-21-36)28-16-14-27(15-17-28)34-30(37)33-26-4-2-1-3-5-26/h1-17,29H,18-21H2,(H2,33,34,37). The molecule has 37 heavy (non-hydrogen) atoms. The molecule has 4 aromatic rings. The highest BCUT2D eigenvalue weighted by molar-refractivity contribution is 5.99. The van der Waals surface area contributed by atoms with Crippen molar-refractivity contribution in [2.24, 2.45) is 0 Å². The topological polar surface area (TPSA) is 47.6 Å². The van der Waals surface area contributed by atoms with Gasteiger partial charge in [-0.05, 0) is 71.8 Å². The average molecular weight is 499 g/mol. The number of halogens is 2. The first-order valence-corrected chi connectivity index (χ1v) is 12.3. The van der Waals surface area contributed by atoms with E-state index < -0.39 is 0 Å². The van der Waals surface area contributed by atoms with Crippen molar-refractivity contribution in [3.05, 3.63) is 126 Å². The van der Waals surface area contributed by atoms with Gasteiger partial charge in [0.05, 0.1) is 6.04 Å². The van der Waals surface area contributed by atoms with Gasteiger partial charge >= 0.3 is 6.03 Å². The van der Waals surface area contributed by atoms with Crippen molar-refractivity contribution < 1.29 is 13.6 Å². The third-order valence-electron chi connectivity index (χ3n) is 6.57. The van der Waals surface area contributed by atoms with E-state index in [2.05, 4.69) is 20.4 Å². The first-order chi connectivity index (χ1) is 18.0. The largest absolute Gasteiger partial charge is 0.369 e. The highest BCUT2D eigenvalue weighted by Crippen LogP contribution is 2.31. The number of rotatable bonds is 6. The van der Waals surface area contributed by atoms with E-state index in [-0.39, 0.29) is 23.7 Å². The van der Waals surface area contributed by atoms with Crippen LogP contribution in [0.1, 0.15) is 17.2 Å². The molecule has 1 heterocycles. The summed E-state index contributed by atoms with van der Waals surface area (Å²) in [5, 5.41) is 5.67. The highest BCUT2D eigenvalue weighted by atomic mass is 19.1. The Bertz CT molecular complexity index is 1260. The van der Waals surface area contributed by atoms with Crippen molar-refractivity contribution >= 4 is 23.1 Å². The van der Waals surface area contributed by atoms with Gasteiger partial charge in [0.25, 0.3) is 0 Å². The number of benzene rings is 4. The molecule has 0 saturated carbocycles. The van der Waals surface area contributed by atoms with Crippen molar-refractivity contribution in [3.63, 3.8) is 0 Å². The zero-order valence-corrected chi connectivity index (χ0v) is 20.3. The molecule has 1 aliphatic rings. The number of urea groups is 1. The lowest BCUT2D eigenvalue weighted by Crippen LogP contribution is -2.48. The van der Waals surface area contributed by atoms with E-state index in [1.807, 2.05) is 54.6 Å². The summed E-state index contributed by atoms with van der Waals surface area (Å²) in [6, 6.07) is 29.8. The third kappa shape index (κ3) is 6.13. The Morgan fingerprint density at radius 1 is 0.622 bits per heavy atom. The summed E-state index contributed by atoms with van der Waals surface area (Å²) < 4.78 is 27.2. The smallest absolute Gasteiger partial charge is 0.323 e. The number of hydrogen-bond donors (Lipinski definition) is 2. The number of nitrogens with one attached hydrogen (secondary N) is 2. The first kappa shape index (κ1) is 24.5. The maximum atomic E-state index is 13.6. The number of nitrogens with zero attached hydrogens (tertiary/aromatic N) is 2. The number of hydrogen-bond acceptors (Lipinski definition) is 3. The summed E-state index contributed by atoms with van der Waals surface area (Å²) in [6.45, 7) is 3.19. The molecule has 0 aromatic heterocycles. The van der Waals surface area contributed by atoms with Crippen LogP contribution in [-0.2, 0) is 0 Å². The van der Waals surface area contributed by atoms with E-state index >= 15 is 0 Å². The minimum Gasteiger partial charge on any atom is -0.369 e. The zero-order chi connectivity index (χ0) is 25.6. The maximum Gasteiger partial charge on any atom is 0.323 e. The Kier molecular flexibility index (Phi) is 7.42. The fraction of sp³-hybridized carbons (Fsp3) is 0.167. The van der Waals surface area contributed by atoms with Gasteiger partial charge in [0.15, 0.2) is 0 Å². The summed E-state index contributed by atoms with van der Waals surface area (Å²) >= 11 is 0. The Balaban J connectivity index is 1.22. The van der Waals surface area contributed by atoms with Crippen LogP contribution in [0, 0.1) is 11.6 Å². The SMILES string of the molecule is O=C(Nc1ccccc1)Nc1ccc(N2CCN(C(c3ccc(F)cc3)c3ccc(F)cc3)CC2)cc1. The van der Waals surface area contributed by atoms with Crippen LogP contribution in [-0.4, -0.2) is 37.1 Å². The molecular weight excluding hydrogens is 470 g/mol. The zero-order valence-electron chi connectivity index (χ0n) is 20.3. The molecule has 0 aliphatic carbocycles. The number of para-hydroxylation sites is 1. The molecule has 0 spiro atoms. The lowest BCUT2D eigenvalue weighted by molar-refractivity contribution is 0.212. The molecule has 0 atom stereocenters. The van der Waals surface area contributed by atoms with Gasteiger partial charge in [0.1, 0.15) is 11.6 Å². The average Bonchev–Trinajstić information content (AvgIpc) is 2.92. The van der Waals surface area contributed by atoms with Gasteiger partial charge in [0.2, 0.25) is 0 Å². The third-order valence-corrected chi connectivity index (χ3v) is 6.57. The van der Waals surface area contributed by atoms with Crippen molar-refractivity contribution in [3.8, 4) is 0 Å². The summed E-state index contributed by atoms with van der Waals surface area (Å²) in [5.41, 5.74) is 4.47. The minimum absolute atomic E-state index is 0.0851. The molecule has 5 nitrogen and oxygen atoms in total. The fourth-order valence-electron chi connectivity index (χ4n) is 4.71. The molecule has 1 saturated heterocycles. The molecule has 1 aliphatic heterocycles. The second-order valence-corrected chi connectivity index (χ2v) is 9.02. The number of amides is 2. The highest BCUT2D eigenvalue weighted by Gasteiger charge is 2.26. The van der Waals surface area contributed by atoms with Crippen LogP contribution in [0.2, 0.25) is 0 Å². The van der Waals surface area contributed by atoms with Gasteiger partial charge in [0, 0.05) is 43.2 Å². The van der Waals surface area contributed by atoms with E-state index in [9.17, 15) is 13.6 Å². The summed E-state index contributed by atoms with van der Waals surface area (Å²) in [5.74, 6) is -0.552. The number of anilines is 3. The van der Waals surface area contributed by atoms with Crippen LogP contribution in [0.3, 0.4) is 0 Å². The van der Waals surface area contributed by atoms with Crippen LogP contribution < -0.4 is 15.5 Å². The number of piperazine rings is 1. The normalized spacial score (nSPS) is 14.0. The Morgan fingerprint density at radius 3 is 1.62 bits per heavy atom.